The summed E-state index contributed by atoms with van der Waals surface area (Å²) in [4.78, 5) is 9.33. The van der Waals surface area contributed by atoms with Gasteiger partial charge in [0.25, 0.3) is 0 Å². The molecule has 0 fully saturated rings. The topological polar surface area (TPSA) is 25.8 Å². The first-order chi connectivity index (χ1) is 11.8. The van der Waals surface area contributed by atoms with Gasteiger partial charge in [-0.25, -0.2) is 4.98 Å². The molecule has 2 aromatic heterocycles. The minimum absolute atomic E-state index is 0. The highest BCUT2D eigenvalue weighted by atomic mass is 79.9. The van der Waals surface area contributed by atoms with E-state index in [1.54, 1.807) is 11.3 Å². The Morgan fingerprint density at radius 1 is 1.00 bits per heavy atom. The lowest BCUT2D eigenvalue weighted by molar-refractivity contribution is -0.00000480. The second-order valence-electron chi connectivity index (χ2n) is 5.85. The molecule has 0 N–H and O–H groups in total. The van der Waals surface area contributed by atoms with Crippen LogP contribution in [0, 0.1) is 0 Å². The quantitative estimate of drug-likeness (QED) is 0.517. The third-order valence-corrected chi connectivity index (χ3v) is 5.03. The maximum absolute atomic E-state index is 4.89. The van der Waals surface area contributed by atoms with Crippen LogP contribution in [0.15, 0.2) is 66.2 Å². The van der Waals surface area contributed by atoms with Crippen molar-refractivity contribution in [3.05, 3.63) is 71.9 Å². The average molecular weight is 410 g/mol. The van der Waals surface area contributed by atoms with E-state index in [0.717, 1.165) is 34.8 Å². The van der Waals surface area contributed by atoms with Gasteiger partial charge in [-0.15, -0.1) is 11.3 Å². The Bertz CT molecular complexity index is 989. The van der Waals surface area contributed by atoms with Crippen molar-refractivity contribution in [1.82, 2.24) is 9.97 Å². The molecular formula is C21H18BrN2S-. The molecule has 0 aliphatic rings. The summed E-state index contributed by atoms with van der Waals surface area (Å²) < 4.78 is 0. The minimum atomic E-state index is 0. The molecule has 0 aliphatic carbocycles. The van der Waals surface area contributed by atoms with Gasteiger partial charge in [0.2, 0.25) is 0 Å². The van der Waals surface area contributed by atoms with E-state index in [9.17, 15) is 0 Å². The fourth-order valence-corrected chi connectivity index (χ4v) is 3.80. The number of hydrogen-bond donors (Lipinski definition) is 0. The maximum Gasteiger partial charge on any atom is 0.124 e. The smallest absolute Gasteiger partial charge is 0.124 e. The fourth-order valence-electron chi connectivity index (χ4n) is 2.98. The molecular weight excluding hydrogens is 392 g/mol. The maximum atomic E-state index is 4.89. The Balaban J connectivity index is 0.00000182. The van der Waals surface area contributed by atoms with Gasteiger partial charge in [-0.2, -0.15) is 0 Å². The Hall–Kier alpha value is -2.04. The lowest BCUT2D eigenvalue weighted by Crippen LogP contribution is -3.00. The van der Waals surface area contributed by atoms with E-state index in [4.69, 9.17) is 4.98 Å². The highest BCUT2D eigenvalue weighted by Gasteiger charge is 2.10. The number of thiazole rings is 1. The number of fused-ring (bicyclic) bond motifs is 1. The largest absolute Gasteiger partial charge is 1.00 e. The molecule has 126 valence electrons. The van der Waals surface area contributed by atoms with Gasteiger partial charge < -0.3 is 17.0 Å². The van der Waals surface area contributed by atoms with Crippen molar-refractivity contribution in [2.24, 2.45) is 0 Å². The molecule has 0 radical (unpaired) electrons. The first-order valence-corrected chi connectivity index (χ1v) is 9.12. The van der Waals surface area contributed by atoms with E-state index >= 15 is 0 Å². The van der Waals surface area contributed by atoms with E-state index in [0.29, 0.717) is 0 Å². The summed E-state index contributed by atoms with van der Waals surface area (Å²) in [5.41, 5.74) is 4.53. The summed E-state index contributed by atoms with van der Waals surface area (Å²) in [6, 6.07) is 19.1. The Labute approximate surface area is 162 Å². The van der Waals surface area contributed by atoms with Crippen molar-refractivity contribution in [3.63, 3.8) is 0 Å². The molecule has 2 heterocycles. The first-order valence-electron chi connectivity index (χ1n) is 8.24. The van der Waals surface area contributed by atoms with Crippen LogP contribution in [0.4, 0.5) is 0 Å². The lowest BCUT2D eigenvalue weighted by atomic mass is 10.0. The second-order valence-corrected chi connectivity index (χ2v) is 6.71. The lowest BCUT2D eigenvalue weighted by Gasteiger charge is -2.04. The molecule has 2 aromatic carbocycles. The van der Waals surface area contributed by atoms with Crippen molar-refractivity contribution in [3.8, 4) is 21.8 Å². The summed E-state index contributed by atoms with van der Waals surface area (Å²) in [5.74, 6) is 0. The van der Waals surface area contributed by atoms with Crippen LogP contribution in [0.1, 0.15) is 19.0 Å². The van der Waals surface area contributed by atoms with Gasteiger partial charge in [0, 0.05) is 28.4 Å². The van der Waals surface area contributed by atoms with Crippen LogP contribution < -0.4 is 17.0 Å². The van der Waals surface area contributed by atoms with Gasteiger partial charge in [-0.3, -0.25) is 4.98 Å². The van der Waals surface area contributed by atoms with Gasteiger partial charge in [-0.05, 0) is 29.3 Å². The summed E-state index contributed by atoms with van der Waals surface area (Å²) in [5, 5.41) is 5.70. The molecule has 0 amide bonds. The Kier molecular flexibility index (Phi) is 5.61. The van der Waals surface area contributed by atoms with Crippen LogP contribution in [-0.4, -0.2) is 9.97 Å². The number of nitrogens with zero attached hydrogens (tertiary/aromatic N) is 2. The van der Waals surface area contributed by atoms with Gasteiger partial charge in [0.15, 0.2) is 0 Å². The molecule has 0 aliphatic heterocycles. The highest BCUT2D eigenvalue weighted by Crippen LogP contribution is 2.32. The first kappa shape index (κ1) is 17.8. The number of rotatable bonds is 4. The zero-order valence-electron chi connectivity index (χ0n) is 13.9. The van der Waals surface area contributed by atoms with Crippen LogP contribution in [0.5, 0.6) is 0 Å². The number of pyridine rings is 1. The molecule has 4 heteroatoms. The summed E-state index contributed by atoms with van der Waals surface area (Å²) >= 11 is 1.69. The number of benzene rings is 2. The van der Waals surface area contributed by atoms with Gasteiger partial charge >= 0.3 is 0 Å². The van der Waals surface area contributed by atoms with Crippen molar-refractivity contribution in [2.75, 3.05) is 0 Å². The zero-order chi connectivity index (χ0) is 16.4. The van der Waals surface area contributed by atoms with Crippen LogP contribution in [0.25, 0.3) is 32.6 Å². The van der Waals surface area contributed by atoms with Crippen LogP contribution >= 0.6 is 11.3 Å². The van der Waals surface area contributed by atoms with Gasteiger partial charge in [0.1, 0.15) is 5.01 Å². The summed E-state index contributed by atoms with van der Waals surface area (Å²) in [6.07, 6.45) is 4.00. The van der Waals surface area contributed by atoms with Crippen LogP contribution in [-0.2, 0) is 6.42 Å². The predicted molar refractivity (Wildman–Crippen MR) is 102 cm³/mol. The molecule has 0 unspecified atom stereocenters. The highest BCUT2D eigenvalue weighted by molar-refractivity contribution is 7.13. The molecule has 0 bridgehead atoms. The molecule has 0 saturated carbocycles. The second kappa shape index (κ2) is 7.89. The van der Waals surface area contributed by atoms with Crippen LogP contribution in [0.3, 0.4) is 0 Å². The molecule has 2 nitrogen and oxygen atoms in total. The van der Waals surface area contributed by atoms with Crippen LogP contribution in [0.2, 0.25) is 0 Å². The molecule has 0 saturated heterocycles. The third kappa shape index (κ3) is 3.65. The normalized spacial score (nSPS) is 10.6. The van der Waals surface area contributed by atoms with E-state index in [-0.39, 0.29) is 17.0 Å². The monoisotopic (exact) mass is 409 g/mol. The predicted octanol–water partition coefficient (Wildman–Crippen LogP) is 2.98. The van der Waals surface area contributed by atoms with E-state index < -0.39 is 0 Å². The van der Waals surface area contributed by atoms with Crippen molar-refractivity contribution in [1.29, 1.82) is 0 Å². The van der Waals surface area contributed by atoms with Crippen molar-refractivity contribution < 1.29 is 17.0 Å². The standard InChI is InChI=1S/C21H18N2S.BrH/c1-2-6-17-13-16(11-12-22-17)21-23-20(14-24-21)19-10-5-8-15-7-3-4-9-18(15)19;/h3-5,7-14H,2,6H2,1H3;1H/p-1. The van der Waals surface area contributed by atoms with E-state index in [2.05, 4.69) is 65.8 Å². The molecule has 25 heavy (non-hydrogen) atoms. The van der Waals surface area contributed by atoms with Crippen molar-refractivity contribution in [2.45, 2.75) is 19.8 Å². The zero-order valence-corrected chi connectivity index (χ0v) is 16.3. The minimum Gasteiger partial charge on any atom is -1.00 e. The molecule has 4 rings (SSSR count). The number of hydrogen-bond acceptors (Lipinski definition) is 3. The SMILES string of the molecule is CCCc1cc(-c2nc(-c3cccc4ccccc34)cs2)ccn1.[Br-]. The van der Waals surface area contributed by atoms with Gasteiger partial charge in [0.05, 0.1) is 5.69 Å². The Morgan fingerprint density at radius 3 is 2.72 bits per heavy atom. The van der Waals surface area contributed by atoms with Crippen molar-refractivity contribution >= 4 is 22.1 Å². The number of aromatic nitrogens is 2. The molecule has 0 spiro atoms. The summed E-state index contributed by atoms with van der Waals surface area (Å²) in [7, 11) is 0. The van der Waals surface area contributed by atoms with E-state index in [1.807, 2.05) is 12.3 Å². The Morgan fingerprint density at radius 2 is 1.84 bits per heavy atom. The summed E-state index contributed by atoms with van der Waals surface area (Å²) in [6.45, 7) is 2.18. The fraction of sp³-hybridized carbons (Fsp3) is 0.143. The van der Waals surface area contributed by atoms with Gasteiger partial charge in [-0.1, -0.05) is 55.8 Å². The average Bonchev–Trinajstić information content (AvgIpc) is 3.12. The molecule has 0 atom stereocenters. The third-order valence-electron chi connectivity index (χ3n) is 4.14. The number of aryl methyl sites for hydroxylation is 1. The molecule has 4 aromatic rings. The van der Waals surface area contributed by atoms with E-state index in [1.165, 1.54) is 16.3 Å². The number of halogens is 1.